The van der Waals surface area contributed by atoms with Crippen LogP contribution in [0.2, 0.25) is 0 Å². The van der Waals surface area contributed by atoms with E-state index in [1.807, 2.05) is 0 Å². The number of para-hydroxylation sites is 1. The van der Waals surface area contributed by atoms with Crippen molar-refractivity contribution in [3.05, 3.63) is 70.1 Å². The van der Waals surface area contributed by atoms with Gasteiger partial charge in [-0.1, -0.05) is 24.3 Å². The lowest BCUT2D eigenvalue weighted by Crippen LogP contribution is -2.13. The van der Waals surface area contributed by atoms with Crippen LogP contribution in [0.4, 0.5) is 0 Å². The molecule has 128 valence electrons. The molecule has 2 N–H and O–H groups in total. The van der Waals surface area contributed by atoms with Crippen LogP contribution in [-0.2, 0) is 9.53 Å². The summed E-state index contributed by atoms with van der Waals surface area (Å²) in [6.45, 7) is 0. The van der Waals surface area contributed by atoms with E-state index in [2.05, 4.69) is 0 Å². The fourth-order valence-corrected chi connectivity index (χ4v) is 2.74. The van der Waals surface area contributed by atoms with Crippen LogP contribution in [0, 0.1) is 0 Å². The highest BCUT2D eigenvalue weighted by Crippen LogP contribution is 2.35. The molecule has 0 bridgehead atoms. The lowest BCUT2D eigenvalue weighted by atomic mass is 9.92. The number of methoxy groups -OCH3 is 1. The number of fused-ring (bicyclic) bond motifs is 1. The van der Waals surface area contributed by atoms with Crippen molar-refractivity contribution in [1.82, 2.24) is 0 Å². The molecule has 6 heteroatoms. The first-order valence-electron chi connectivity index (χ1n) is 7.61. The molecule has 0 aliphatic heterocycles. The molecule has 0 radical (unpaired) electrons. The van der Waals surface area contributed by atoms with Crippen molar-refractivity contribution in [2.75, 3.05) is 7.11 Å². The van der Waals surface area contributed by atoms with Gasteiger partial charge < -0.3 is 19.4 Å². The predicted molar refractivity (Wildman–Crippen MR) is 90.7 cm³/mol. The number of ether oxygens (including phenoxy) is 1. The number of esters is 1. The van der Waals surface area contributed by atoms with Gasteiger partial charge in [-0.05, 0) is 29.8 Å². The molecule has 0 amide bonds. The van der Waals surface area contributed by atoms with Crippen LogP contribution >= 0.6 is 0 Å². The summed E-state index contributed by atoms with van der Waals surface area (Å²) < 4.78 is 10.4. The maximum Gasteiger partial charge on any atom is 0.306 e. The van der Waals surface area contributed by atoms with Crippen molar-refractivity contribution in [3.63, 3.8) is 0 Å². The minimum absolute atomic E-state index is 0.00464. The van der Waals surface area contributed by atoms with E-state index in [9.17, 15) is 19.8 Å². The van der Waals surface area contributed by atoms with E-state index in [0.29, 0.717) is 11.1 Å². The average molecular weight is 340 g/mol. The van der Waals surface area contributed by atoms with Gasteiger partial charge in [0.1, 0.15) is 11.3 Å². The second-order valence-corrected chi connectivity index (χ2v) is 5.57. The minimum atomic E-state index is -0.781. The van der Waals surface area contributed by atoms with Gasteiger partial charge in [-0.15, -0.1) is 0 Å². The SMILES string of the molecule is COC(=O)C[C@H](c1cccc(O)c1)c1oc2ccccc2c(=O)c1O. The zero-order chi connectivity index (χ0) is 18.0. The van der Waals surface area contributed by atoms with Crippen molar-refractivity contribution in [1.29, 1.82) is 0 Å². The molecule has 25 heavy (non-hydrogen) atoms. The van der Waals surface area contributed by atoms with Crippen molar-refractivity contribution < 1.29 is 24.2 Å². The third-order valence-corrected chi connectivity index (χ3v) is 3.99. The highest BCUT2D eigenvalue weighted by molar-refractivity contribution is 5.78. The highest BCUT2D eigenvalue weighted by Gasteiger charge is 2.27. The fourth-order valence-electron chi connectivity index (χ4n) is 2.74. The molecule has 0 aliphatic carbocycles. The molecule has 0 aliphatic rings. The topological polar surface area (TPSA) is 97.0 Å². The Hall–Kier alpha value is -3.28. The third-order valence-electron chi connectivity index (χ3n) is 3.99. The Morgan fingerprint density at radius 2 is 1.92 bits per heavy atom. The summed E-state index contributed by atoms with van der Waals surface area (Å²) in [6.07, 6.45) is -0.158. The predicted octanol–water partition coefficient (Wildman–Crippen LogP) is 2.90. The van der Waals surface area contributed by atoms with Gasteiger partial charge in [0.15, 0.2) is 5.76 Å². The summed E-state index contributed by atoms with van der Waals surface area (Å²) in [5.41, 5.74) is 0.237. The third kappa shape index (κ3) is 3.19. The molecule has 0 unspecified atom stereocenters. The number of phenolic OH excluding ortho intramolecular Hbond substituents is 1. The van der Waals surface area contributed by atoms with E-state index < -0.39 is 23.1 Å². The second kappa shape index (κ2) is 6.68. The molecular formula is C19H16O6. The number of rotatable bonds is 4. The summed E-state index contributed by atoms with van der Waals surface area (Å²) in [5.74, 6) is -1.92. The number of hydrogen-bond donors (Lipinski definition) is 2. The number of carbonyl (C=O) groups is 1. The van der Waals surface area contributed by atoms with E-state index in [4.69, 9.17) is 9.15 Å². The maximum absolute atomic E-state index is 12.4. The molecule has 1 heterocycles. The zero-order valence-electron chi connectivity index (χ0n) is 13.4. The molecule has 3 rings (SSSR count). The van der Waals surface area contributed by atoms with E-state index in [0.717, 1.165) is 0 Å². The Kier molecular flexibility index (Phi) is 4.43. The largest absolute Gasteiger partial charge is 0.508 e. The quantitative estimate of drug-likeness (QED) is 0.709. The molecule has 6 nitrogen and oxygen atoms in total. The number of carbonyl (C=O) groups excluding carboxylic acids is 1. The number of benzene rings is 2. The minimum Gasteiger partial charge on any atom is -0.508 e. The Labute approximate surface area is 142 Å². The average Bonchev–Trinajstić information content (AvgIpc) is 2.62. The van der Waals surface area contributed by atoms with Crippen molar-refractivity contribution >= 4 is 16.9 Å². The molecule has 3 aromatic rings. The van der Waals surface area contributed by atoms with E-state index in [1.165, 1.54) is 19.2 Å². The summed E-state index contributed by atoms with van der Waals surface area (Å²) in [6, 6.07) is 12.7. The van der Waals surface area contributed by atoms with Crippen LogP contribution in [0.25, 0.3) is 11.0 Å². The van der Waals surface area contributed by atoms with Crippen molar-refractivity contribution in [2.45, 2.75) is 12.3 Å². The number of hydrogen-bond acceptors (Lipinski definition) is 6. The van der Waals surface area contributed by atoms with Gasteiger partial charge in [0.25, 0.3) is 0 Å². The standard InChI is InChI=1S/C19H16O6/c1-24-16(21)10-14(11-5-4-6-12(20)9-11)19-18(23)17(22)13-7-2-3-8-15(13)25-19/h2-9,14,20,23H,10H2,1H3/t14-/m1/s1. The highest BCUT2D eigenvalue weighted by atomic mass is 16.5. The molecule has 2 aromatic carbocycles. The molecule has 0 saturated heterocycles. The lowest BCUT2D eigenvalue weighted by Gasteiger charge is -2.17. The van der Waals surface area contributed by atoms with Crippen LogP contribution in [0.15, 0.2) is 57.7 Å². The fraction of sp³-hybridized carbons (Fsp3) is 0.158. The maximum atomic E-state index is 12.4. The molecule has 0 spiro atoms. The van der Waals surface area contributed by atoms with Crippen LogP contribution in [0.5, 0.6) is 11.5 Å². The Morgan fingerprint density at radius 3 is 2.64 bits per heavy atom. The Bertz CT molecular complexity index is 989. The molecular weight excluding hydrogens is 324 g/mol. The lowest BCUT2D eigenvalue weighted by molar-refractivity contribution is -0.140. The van der Waals surface area contributed by atoms with Crippen LogP contribution in [-0.4, -0.2) is 23.3 Å². The summed E-state index contributed by atoms with van der Waals surface area (Å²) in [4.78, 5) is 24.3. The van der Waals surface area contributed by atoms with Crippen LogP contribution in [0.1, 0.15) is 23.7 Å². The van der Waals surface area contributed by atoms with Crippen molar-refractivity contribution in [3.8, 4) is 11.5 Å². The zero-order valence-corrected chi connectivity index (χ0v) is 13.4. The summed E-state index contributed by atoms with van der Waals surface area (Å²) in [7, 11) is 1.25. The second-order valence-electron chi connectivity index (χ2n) is 5.57. The van der Waals surface area contributed by atoms with E-state index in [-0.39, 0.29) is 23.3 Å². The Balaban J connectivity index is 2.22. The van der Waals surface area contributed by atoms with E-state index in [1.54, 1.807) is 36.4 Å². The van der Waals surface area contributed by atoms with Gasteiger partial charge in [-0.3, -0.25) is 9.59 Å². The van der Waals surface area contributed by atoms with Gasteiger partial charge in [0.05, 0.1) is 24.8 Å². The van der Waals surface area contributed by atoms with Crippen LogP contribution < -0.4 is 5.43 Å². The molecule has 0 saturated carbocycles. The number of aromatic hydroxyl groups is 2. The smallest absolute Gasteiger partial charge is 0.306 e. The summed E-state index contributed by atoms with van der Waals surface area (Å²) in [5, 5.41) is 20.3. The molecule has 1 atom stereocenters. The van der Waals surface area contributed by atoms with Gasteiger partial charge in [-0.25, -0.2) is 0 Å². The van der Waals surface area contributed by atoms with Gasteiger partial charge in [0, 0.05) is 0 Å². The molecule has 0 fully saturated rings. The first-order chi connectivity index (χ1) is 12.0. The normalized spacial score (nSPS) is 12.0. The van der Waals surface area contributed by atoms with Gasteiger partial charge in [0.2, 0.25) is 11.2 Å². The van der Waals surface area contributed by atoms with Crippen molar-refractivity contribution in [2.24, 2.45) is 0 Å². The first kappa shape index (κ1) is 16.6. The monoisotopic (exact) mass is 340 g/mol. The summed E-state index contributed by atoms with van der Waals surface area (Å²) >= 11 is 0. The van der Waals surface area contributed by atoms with Gasteiger partial charge in [-0.2, -0.15) is 0 Å². The van der Waals surface area contributed by atoms with Crippen LogP contribution in [0.3, 0.4) is 0 Å². The number of phenols is 1. The van der Waals surface area contributed by atoms with Gasteiger partial charge >= 0.3 is 5.97 Å². The molecule has 1 aromatic heterocycles. The Morgan fingerprint density at radius 1 is 1.16 bits per heavy atom. The van der Waals surface area contributed by atoms with E-state index >= 15 is 0 Å². The first-order valence-corrected chi connectivity index (χ1v) is 7.61.